The number of allylic oxidation sites excluding steroid dienone is 2. The SMILES string of the molecule is CC(C)[C@]1(c2ccccc2)C2=C(Cc3[nH]ncc31)CC(C)(C)CC2=O. The maximum absolute atomic E-state index is 13.4. The largest absolute Gasteiger partial charge is 0.294 e. The molecule has 0 bridgehead atoms. The smallest absolute Gasteiger partial charge is 0.160 e. The quantitative estimate of drug-likeness (QED) is 0.873. The lowest BCUT2D eigenvalue weighted by Crippen LogP contribution is -2.45. The van der Waals surface area contributed by atoms with Crippen LogP contribution in [0.4, 0.5) is 0 Å². The highest BCUT2D eigenvalue weighted by atomic mass is 16.1. The van der Waals surface area contributed by atoms with E-state index in [1.165, 1.54) is 22.4 Å². The number of fused-ring (bicyclic) bond motifs is 1. The Kier molecular flexibility index (Phi) is 3.54. The lowest BCUT2D eigenvalue weighted by Gasteiger charge is -2.47. The number of rotatable bonds is 2. The zero-order chi connectivity index (χ0) is 17.8. The van der Waals surface area contributed by atoms with E-state index < -0.39 is 5.41 Å². The lowest BCUT2D eigenvalue weighted by molar-refractivity contribution is -0.119. The van der Waals surface area contributed by atoms with Gasteiger partial charge in [0.05, 0.1) is 11.6 Å². The number of aromatic amines is 1. The molecule has 0 amide bonds. The highest BCUT2D eigenvalue weighted by molar-refractivity contribution is 6.01. The second kappa shape index (κ2) is 5.42. The van der Waals surface area contributed by atoms with E-state index in [1.807, 2.05) is 12.3 Å². The highest BCUT2D eigenvalue weighted by Crippen LogP contribution is 2.55. The van der Waals surface area contributed by atoms with Gasteiger partial charge in [0, 0.05) is 29.7 Å². The Hall–Kier alpha value is -2.16. The van der Waals surface area contributed by atoms with E-state index in [4.69, 9.17) is 0 Å². The number of carbonyl (C=O) groups is 1. The van der Waals surface area contributed by atoms with Crippen LogP contribution < -0.4 is 0 Å². The molecule has 1 aromatic heterocycles. The van der Waals surface area contributed by atoms with Crippen molar-refractivity contribution in [2.45, 2.75) is 52.4 Å². The first kappa shape index (κ1) is 16.3. The second-order valence-corrected chi connectivity index (χ2v) is 8.69. The number of carbonyl (C=O) groups excluding carboxylic acids is 1. The Morgan fingerprint density at radius 3 is 2.52 bits per heavy atom. The number of hydrogen-bond donors (Lipinski definition) is 1. The third-order valence-corrected chi connectivity index (χ3v) is 5.99. The molecule has 25 heavy (non-hydrogen) atoms. The van der Waals surface area contributed by atoms with E-state index in [9.17, 15) is 4.79 Å². The van der Waals surface area contributed by atoms with E-state index >= 15 is 0 Å². The first-order chi connectivity index (χ1) is 11.9. The van der Waals surface area contributed by atoms with Gasteiger partial charge in [0.15, 0.2) is 5.78 Å². The van der Waals surface area contributed by atoms with Crippen molar-refractivity contribution in [2.75, 3.05) is 0 Å². The predicted octanol–water partition coefficient (Wildman–Crippen LogP) is 4.59. The molecule has 0 aliphatic heterocycles. The Bertz CT molecular complexity index is 857. The van der Waals surface area contributed by atoms with Gasteiger partial charge in [-0.15, -0.1) is 0 Å². The fourth-order valence-electron chi connectivity index (χ4n) is 5.17. The first-order valence-electron chi connectivity index (χ1n) is 9.20. The number of H-pyrrole nitrogens is 1. The van der Waals surface area contributed by atoms with Crippen LogP contribution in [0.15, 0.2) is 47.7 Å². The molecule has 0 saturated heterocycles. The van der Waals surface area contributed by atoms with Crippen molar-refractivity contribution >= 4 is 5.78 Å². The standard InChI is InChI=1S/C22H26N2O/c1-14(2)22(16-8-6-5-7-9-16)17-13-23-24-18(17)10-15-11-21(3,4)12-19(25)20(15)22/h5-9,13-14H,10-12H2,1-4H3,(H,23,24)/t22-/m1/s1. The second-order valence-electron chi connectivity index (χ2n) is 8.69. The van der Waals surface area contributed by atoms with Gasteiger partial charge in [0.1, 0.15) is 0 Å². The molecule has 3 heteroatoms. The summed E-state index contributed by atoms with van der Waals surface area (Å²) in [5.74, 6) is 0.581. The number of aromatic nitrogens is 2. The van der Waals surface area contributed by atoms with Crippen LogP contribution in [0.25, 0.3) is 0 Å². The Morgan fingerprint density at radius 1 is 1.12 bits per heavy atom. The molecule has 1 aromatic carbocycles. The minimum atomic E-state index is -0.398. The molecule has 0 radical (unpaired) electrons. The van der Waals surface area contributed by atoms with E-state index in [0.29, 0.717) is 12.2 Å². The van der Waals surface area contributed by atoms with E-state index in [-0.39, 0.29) is 11.3 Å². The van der Waals surface area contributed by atoms with Gasteiger partial charge >= 0.3 is 0 Å². The van der Waals surface area contributed by atoms with Gasteiger partial charge in [-0.1, -0.05) is 63.6 Å². The Morgan fingerprint density at radius 2 is 1.84 bits per heavy atom. The molecule has 3 nitrogen and oxygen atoms in total. The lowest BCUT2D eigenvalue weighted by atomic mass is 9.54. The van der Waals surface area contributed by atoms with Crippen molar-refractivity contribution < 1.29 is 4.79 Å². The molecule has 2 aromatic rings. The van der Waals surface area contributed by atoms with Crippen LogP contribution in [0.1, 0.15) is 57.4 Å². The average molecular weight is 334 g/mol. The summed E-state index contributed by atoms with van der Waals surface area (Å²) in [6, 6.07) is 10.5. The third-order valence-electron chi connectivity index (χ3n) is 5.99. The first-order valence-corrected chi connectivity index (χ1v) is 9.20. The minimum Gasteiger partial charge on any atom is -0.294 e. The number of benzene rings is 1. The van der Waals surface area contributed by atoms with Crippen molar-refractivity contribution in [1.82, 2.24) is 10.2 Å². The van der Waals surface area contributed by atoms with E-state index in [0.717, 1.165) is 18.4 Å². The summed E-state index contributed by atoms with van der Waals surface area (Å²) in [5.41, 5.74) is 5.53. The topological polar surface area (TPSA) is 45.8 Å². The van der Waals surface area contributed by atoms with Gasteiger partial charge in [0.25, 0.3) is 0 Å². The number of nitrogens with one attached hydrogen (secondary N) is 1. The summed E-state index contributed by atoms with van der Waals surface area (Å²) < 4.78 is 0. The van der Waals surface area contributed by atoms with Crippen molar-refractivity contribution in [3.05, 3.63) is 64.5 Å². The van der Waals surface area contributed by atoms with Crippen LogP contribution in [0.5, 0.6) is 0 Å². The maximum atomic E-state index is 13.4. The molecule has 0 fully saturated rings. The van der Waals surface area contributed by atoms with Crippen LogP contribution in [0, 0.1) is 11.3 Å². The van der Waals surface area contributed by atoms with Gasteiger partial charge in [0.2, 0.25) is 0 Å². The molecular formula is C22H26N2O. The van der Waals surface area contributed by atoms with Gasteiger partial charge < -0.3 is 0 Å². The van der Waals surface area contributed by atoms with Crippen LogP contribution in [0.2, 0.25) is 0 Å². The third kappa shape index (κ3) is 2.25. The number of Topliss-reactive ketones (excluding diaryl/α,β-unsaturated/α-hetero) is 1. The van der Waals surface area contributed by atoms with Gasteiger partial charge in [-0.3, -0.25) is 9.89 Å². The number of ketones is 1. The van der Waals surface area contributed by atoms with Crippen LogP contribution in [-0.2, 0) is 16.6 Å². The molecule has 2 aliphatic carbocycles. The fraction of sp³-hybridized carbons (Fsp3) is 0.455. The van der Waals surface area contributed by atoms with Crippen molar-refractivity contribution in [3.8, 4) is 0 Å². The van der Waals surface area contributed by atoms with Crippen molar-refractivity contribution in [3.63, 3.8) is 0 Å². The molecule has 2 aliphatic rings. The summed E-state index contributed by atoms with van der Waals surface area (Å²) >= 11 is 0. The summed E-state index contributed by atoms with van der Waals surface area (Å²) in [7, 11) is 0. The van der Waals surface area contributed by atoms with Crippen molar-refractivity contribution in [1.29, 1.82) is 0 Å². The predicted molar refractivity (Wildman–Crippen MR) is 99.4 cm³/mol. The van der Waals surface area contributed by atoms with Gasteiger partial charge in [-0.05, 0) is 23.3 Å². The normalized spacial score (nSPS) is 25.1. The summed E-state index contributed by atoms with van der Waals surface area (Å²) in [5, 5.41) is 7.58. The zero-order valence-electron chi connectivity index (χ0n) is 15.5. The Balaban J connectivity index is 2.07. The summed E-state index contributed by atoms with van der Waals surface area (Å²) in [4.78, 5) is 13.4. The molecule has 0 saturated carbocycles. The number of nitrogens with zero attached hydrogens (tertiary/aromatic N) is 1. The monoisotopic (exact) mass is 334 g/mol. The average Bonchev–Trinajstić information content (AvgIpc) is 3.00. The molecule has 130 valence electrons. The zero-order valence-corrected chi connectivity index (χ0v) is 15.5. The summed E-state index contributed by atoms with van der Waals surface area (Å²) in [6.07, 6.45) is 4.37. The van der Waals surface area contributed by atoms with Crippen molar-refractivity contribution in [2.24, 2.45) is 11.3 Å². The molecule has 0 unspecified atom stereocenters. The maximum Gasteiger partial charge on any atom is 0.160 e. The molecular weight excluding hydrogens is 308 g/mol. The Labute approximate surface area is 149 Å². The molecule has 1 atom stereocenters. The van der Waals surface area contributed by atoms with E-state index in [1.54, 1.807) is 0 Å². The van der Waals surface area contributed by atoms with E-state index in [2.05, 4.69) is 62.2 Å². The van der Waals surface area contributed by atoms with Gasteiger partial charge in [-0.25, -0.2) is 0 Å². The molecule has 4 rings (SSSR count). The van der Waals surface area contributed by atoms with Crippen LogP contribution in [-0.4, -0.2) is 16.0 Å². The molecule has 1 N–H and O–H groups in total. The molecule has 0 spiro atoms. The van der Waals surface area contributed by atoms with Crippen LogP contribution >= 0.6 is 0 Å². The van der Waals surface area contributed by atoms with Gasteiger partial charge in [-0.2, -0.15) is 5.10 Å². The number of hydrogen-bond acceptors (Lipinski definition) is 2. The van der Waals surface area contributed by atoms with Crippen LogP contribution in [0.3, 0.4) is 0 Å². The highest BCUT2D eigenvalue weighted by Gasteiger charge is 2.52. The fourth-order valence-corrected chi connectivity index (χ4v) is 5.17. The molecule has 1 heterocycles. The minimum absolute atomic E-state index is 0.0346. The summed E-state index contributed by atoms with van der Waals surface area (Å²) in [6.45, 7) is 8.87.